The van der Waals surface area contributed by atoms with Gasteiger partial charge in [-0.3, -0.25) is 9.69 Å². The molecule has 1 saturated heterocycles. The van der Waals surface area contributed by atoms with Gasteiger partial charge in [-0.15, -0.1) is 11.3 Å². The van der Waals surface area contributed by atoms with Crippen LogP contribution in [-0.4, -0.2) is 29.1 Å². The number of carboxylic acids is 1. The third-order valence-corrected chi connectivity index (χ3v) is 5.62. The van der Waals surface area contributed by atoms with Gasteiger partial charge in [0.1, 0.15) is 0 Å². The third-order valence-electron chi connectivity index (χ3n) is 2.38. The summed E-state index contributed by atoms with van der Waals surface area (Å²) in [5.74, 6) is -0.850. The van der Waals surface area contributed by atoms with E-state index in [0.717, 1.165) is 14.8 Å². The predicted octanol–water partition coefficient (Wildman–Crippen LogP) is 2.79. The van der Waals surface area contributed by atoms with Crippen molar-refractivity contribution < 1.29 is 9.90 Å². The molecule has 1 aliphatic heterocycles. The fourth-order valence-corrected chi connectivity index (χ4v) is 3.76. The molecule has 0 atom stereocenters. The van der Waals surface area contributed by atoms with Crippen LogP contribution in [0.15, 0.2) is 14.3 Å². The second-order valence-electron chi connectivity index (χ2n) is 3.56. The largest absolute Gasteiger partial charge is 0.481 e. The maximum absolute atomic E-state index is 10.6. The maximum Gasteiger partial charge on any atom is 0.309 e. The molecule has 0 bridgehead atoms. The van der Waals surface area contributed by atoms with E-state index in [1.165, 1.54) is 4.88 Å². The van der Waals surface area contributed by atoms with E-state index in [1.807, 2.05) is 0 Å². The van der Waals surface area contributed by atoms with E-state index < -0.39 is 5.97 Å². The fourth-order valence-electron chi connectivity index (χ4n) is 1.54. The van der Waals surface area contributed by atoms with E-state index in [9.17, 15) is 4.79 Å². The van der Waals surface area contributed by atoms with Gasteiger partial charge in [0.15, 0.2) is 0 Å². The Labute approximate surface area is 108 Å². The molecule has 1 aliphatic rings. The van der Waals surface area contributed by atoms with Crippen LogP contribution in [0.2, 0.25) is 0 Å². The van der Waals surface area contributed by atoms with Crippen molar-refractivity contribution in [2.24, 2.45) is 5.92 Å². The van der Waals surface area contributed by atoms with E-state index in [4.69, 9.17) is 5.11 Å². The summed E-state index contributed by atoms with van der Waals surface area (Å²) in [5.41, 5.74) is 0. The van der Waals surface area contributed by atoms with Crippen molar-refractivity contribution in [2.45, 2.75) is 6.54 Å². The smallest absolute Gasteiger partial charge is 0.309 e. The van der Waals surface area contributed by atoms with Gasteiger partial charge in [0, 0.05) is 29.0 Å². The monoisotopic (exact) mass is 353 g/mol. The van der Waals surface area contributed by atoms with Gasteiger partial charge < -0.3 is 5.11 Å². The standard InChI is InChI=1S/C9H9Br2NO2S/c10-7-1-6(15-8(7)11)4-12-2-5(3-12)9(13)14/h1,5H,2-4H2,(H,13,14). The summed E-state index contributed by atoms with van der Waals surface area (Å²) in [4.78, 5) is 14.0. The van der Waals surface area contributed by atoms with Crippen LogP contribution in [0.4, 0.5) is 0 Å². The highest BCUT2D eigenvalue weighted by Crippen LogP contribution is 2.33. The van der Waals surface area contributed by atoms with Crippen molar-refractivity contribution in [3.8, 4) is 0 Å². The molecular formula is C9H9Br2NO2S. The lowest BCUT2D eigenvalue weighted by Crippen LogP contribution is -2.49. The van der Waals surface area contributed by atoms with Gasteiger partial charge >= 0.3 is 5.97 Å². The first kappa shape index (κ1) is 11.6. The minimum atomic E-state index is -0.681. The number of hydrogen-bond donors (Lipinski definition) is 1. The number of nitrogens with zero attached hydrogens (tertiary/aromatic N) is 1. The Morgan fingerprint density at radius 3 is 2.73 bits per heavy atom. The molecule has 0 amide bonds. The molecule has 0 unspecified atom stereocenters. The van der Waals surface area contributed by atoms with Crippen LogP contribution in [0.3, 0.4) is 0 Å². The van der Waals surface area contributed by atoms with Crippen molar-refractivity contribution in [3.05, 3.63) is 19.2 Å². The summed E-state index contributed by atoms with van der Waals surface area (Å²) < 4.78 is 2.16. The number of thiophene rings is 1. The highest BCUT2D eigenvalue weighted by atomic mass is 79.9. The van der Waals surface area contributed by atoms with Gasteiger partial charge in [0.2, 0.25) is 0 Å². The van der Waals surface area contributed by atoms with Gasteiger partial charge in [0.25, 0.3) is 0 Å². The zero-order chi connectivity index (χ0) is 11.0. The SMILES string of the molecule is O=C(O)C1CN(Cc2cc(Br)c(Br)s2)C1. The van der Waals surface area contributed by atoms with Crippen molar-refractivity contribution in [1.29, 1.82) is 0 Å². The molecule has 6 heteroatoms. The number of halogens is 2. The lowest BCUT2D eigenvalue weighted by Gasteiger charge is -2.36. The van der Waals surface area contributed by atoms with Crippen molar-refractivity contribution >= 4 is 49.2 Å². The summed E-state index contributed by atoms with van der Waals surface area (Å²) in [7, 11) is 0. The minimum Gasteiger partial charge on any atom is -0.481 e. The molecule has 15 heavy (non-hydrogen) atoms. The summed E-state index contributed by atoms with van der Waals surface area (Å²) in [6, 6.07) is 2.07. The maximum atomic E-state index is 10.6. The molecular weight excluding hydrogens is 346 g/mol. The van der Waals surface area contributed by atoms with Crippen molar-refractivity contribution in [2.75, 3.05) is 13.1 Å². The quantitative estimate of drug-likeness (QED) is 0.907. The number of rotatable bonds is 3. The van der Waals surface area contributed by atoms with Crippen LogP contribution < -0.4 is 0 Å². The van der Waals surface area contributed by atoms with Gasteiger partial charge in [-0.25, -0.2) is 0 Å². The summed E-state index contributed by atoms with van der Waals surface area (Å²) in [6.45, 7) is 2.18. The molecule has 1 aromatic rings. The minimum absolute atomic E-state index is 0.170. The molecule has 0 aromatic carbocycles. The summed E-state index contributed by atoms with van der Waals surface area (Å²) >= 11 is 8.55. The second-order valence-corrected chi connectivity index (χ2v) is 6.87. The molecule has 0 radical (unpaired) electrons. The number of aliphatic carboxylic acids is 1. The van der Waals surface area contributed by atoms with E-state index >= 15 is 0 Å². The first-order valence-electron chi connectivity index (χ1n) is 4.45. The zero-order valence-corrected chi connectivity index (χ0v) is 11.7. The Bertz CT molecular complexity index is 368. The zero-order valence-electron chi connectivity index (χ0n) is 7.74. The molecule has 82 valence electrons. The van der Waals surface area contributed by atoms with Crippen LogP contribution in [-0.2, 0) is 11.3 Å². The van der Waals surface area contributed by atoms with E-state index in [-0.39, 0.29) is 5.92 Å². The Morgan fingerprint density at radius 1 is 1.60 bits per heavy atom. The van der Waals surface area contributed by atoms with E-state index in [0.29, 0.717) is 13.1 Å². The van der Waals surface area contributed by atoms with E-state index in [1.54, 1.807) is 11.3 Å². The Morgan fingerprint density at radius 2 is 2.27 bits per heavy atom. The Hall–Kier alpha value is 0.0900. The Kier molecular flexibility index (Phi) is 3.49. The first-order chi connectivity index (χ1) is 7.06. The van der Waals surface area contributed by atoms with Gasteiger partial charge in [-0.2, -0.15) is 0 Å². The lowest BCUT2D eigenvalue weighted by atomic mass is 10.0. The molecule has 0 saturated carbocycles. The molecule has 1 aromatic heterocycles. The number of hydrogen-bond acceptors (Lipinski definition) is 3. The number of likely N-dealkylation sites (tertiary alicyclic amines) is 1. The van der Waals surface area contributed by atoms with Crippen LogP contribution in [0.1, 0.15) is 4.88 Å². The average molecular weight is 355 g/mol. The van der Waals surface area contributed by atoms with Crippen LogP contribution in [0.5, 0.6) is 0 Å². The van der Waals surface area contributed by atoms with E-state index in [2.05, 4.69) is 42.8 Å². The highest BCUT2D eigenvalue weighted by molar-refractivity contribution is 9.13. The molecule has 1 fully saturated rings. The summed E-state index contributed by atoms with van der Waals surface area (Å²) in [5, 5.41) is 8.73. The average Bonchev–Trinajstić information content (AvgIpc) is 2.37. The predicted molar refractivity (Wildman–Crippen MR) is 66.1 cm³/mol. The highest BCUT2D eigenvalue weighted by Gasteiger charge is 2.32. The van der Waals surface area contributed by atoms with Crippen LogP contribution >= 0.6 is 43.2 Å². The van der Waals surface area contributed by atoms with Crippen molar-refractivity contribution in [1.82, 2.24) is 4.90 Å². The topological polar surface area (TPSA) is 40.5 Å². The second kappa shape index (κ2) is 4.53. The van der Waals surface area contributed by atoms with Crippen LogP contribution in [0, 0.1) is 5.92 Å². The molecule has 0 spiro atoms. The van der Waals surface area contributed by atoms with Crippen LogP contribution in [0.25, 0.3) is 0 Å². The number of carbonyl (C=O) groups is 1. The van der Waals surface area contributed by atoms with Gasteiger partial charge in [0.05, 0.1) is 9.70 Å². The third kappa shape index (κ3) is 2.61. The molecule has 2 rings (SSSR count). The van der Waals surface area contributed by atoms with Crippen molar-refractivity contribution in [3.63, 3.8) is 0 Å². The fraction of sp³-hybridized carbons (Fsp3) is 0.444. The van der Waals surface area contributed by atoms with Gasteiger partial charge in [-0.05, 0) is 37.9 Å². The first-order valence-corrected chi connectivity index (χ1v) is 6.85. The van der Waals surface area contributed by atoms with Gasteiger partial charge in [-0.1, -0.05) is 0 Å². The Balaban J connectivity index is 1.87. The summed E-state index contributed by atoms with van der Waals surface area (Å²) in [6.07, 6.45) is 0. The molecule has 3 nitrogen and oxygen atoms in total. The molecule has 0 aliphatic carbocycles. The molecule has 1 N–H and O–H groups in total. The molecule has 2 heterocycles. The lowest BCUT2D eigenvalue weighted by molar-refractivity contribution is -0.147. The normalized spacial score (nSPS) is 17.7. The number of carboxylic acid groups (broad SMARTS) is 1.